The summed E-state index contributed by atoms with van der Waals surface area (Å²) < 4.78 is 11.1. The van der Waals surface area contributed by atoms with Crippen LogP contribution in [0.5, 0.6) is 11.5 Å². The number of esters is 1. The molecule has 6 heteroatoms. The van der Waals surface area contributed by atoms with E-state index in [9.17, 15) is 9.59 Å². The summed E-state index contributed by atoms with van der Waals surface area (Å²) in [5.74, 6) is 0.0619. The molecule has 0 saturated carbocycles. The van der Waals surface area contributed by atoms with Crippen molar-refractivity contribution in [2.75, 3.05) is 6.61 Å². The lowest BCUT2D eigenvalue weighted by atomic mass is 10.1. The number of carbonyl (C=O) groups is 2. The minimum atomic E-state index is -0.462. The first-order chi connectivity index (χ1) is 15.0. The molecular formula is C25H24N2O4. The summed E-state index contributed by atoms with van der Waals surface area (Å²) in [7, 11) is 0. The molecule has 0 spiro atoms. The third kappa shape index (κ3) is 6.54. The predicted octanol–water partition coefficient (Wildman–Crippen LogP) is 4.31. The summed E-state index contributed by atoms with van der Waals surface area (Å²) in [6.07, 6.45) is 1.76. The first-order valence-corrected chi connectivity index (χ1v) is 9.96. The van der Waals surface area contributed by atoms with Crippen LogP contribution < -0.4 is 14.9 Å². The van der Waals surface area contributed by atoms with E-state index in [0.29, 0.717) is 29.2 Å². The van der Waals surface area contributed by atoms with Crippen molar-refractivity contribution in [1.29, 1.82) is 0 Å². The number of carbonyl (C=O) groups excluding carboxylic acids is 2. The zero-order chi connectivity index (χ0) is 22.1. The third-order valence-electron chi connectivity index (χ3n) is 4.37. The summed E-state index contributed by atoms with van der Waals surface area (Å²) in [5.41, 5.74) is 5.63. The third-order valence-corrected chi connectivity index (χ3v) is 4.37. The van der Waals surface area contributed by atoms with Gasteiger partial charge in [0.1, 0.15) is 0 Å². The highest BCUT2D eigenvalue weighted by Crippen LogP contribution is 2.29. The summed E-state index contributed by atoms with van der Waals surface area (Å²) in [5, 5.41) is 4.00. The van der Waals surface area contributed by atoms with Crippen LogP contribution in [-0.2, 0) is 11.2 Å². The molecule has 0 atom stereocenters. The van der Waals surface area contributed by atoms with Crippen LogP contribution in [0.2, 0.25) is 0 Å². The quantitative estimate of drug-likeness (QED) is 0.257. The number of rotatable bonds is 8. The molecule has 0 aliphatic heterocycles. The maximum Gasteiger partial charge on any atom is 0.343 e. The number of ether oxygens (including phenoxy) is 2. The predicted molar refractivity (Wildman–Crippen MR) is 120 cm³/mol. The lowest BCUT2D eigenvalue weighted by Crippen LogP contribution is -2.19. The lowest BCUT2D eigenvalue weighted by Gasteiger charge is -2.11. The highest BCUT2D eigenvalue weighted by molar-refractivity contribution is 5.91. The van der Waals surface area contributed by atoms with Gasteiger partial charge in [-0.3, -0.25) is 4.79 Å². The first-order valence-electron chi connectivity index (χ1n) is 9.96. The van der Waals surface area contributed by atoms with Gasteiger partial charge >= 0.3 is 5.97 Å². The van der Waals surface area contributed by atoms with Gasteiger partial charge in [0.2, 0.25) is 5.91 Å². The van der Waals surface area contributed by atoms with Gasteiger partial charge < -0.3 is 9.47 Å². The van der Waals surface area contributed by atoms with E-state index >= 15 is 0 Å². The minimum absolute atomic E-state index is 0.212. The Kier molecular flexibility index (Phi) is 7.54. The molecule has 0 aliphatic rings. The van der Waals surface area contributed by atoms with Crippen LogP contribution in [0.25, 0.3) is 0 Å². The Labute approximate surface area is 181 Å². The van der Waals surface area contributed by atoms with Crippen LogP contribution in [0.1, 0.15) is 34.0 Å². The molecule has 0 saturated heterocycles. The Morgan fingerprint density at radius 3 is 2.42 bits per heavy atom. The zero-order valence-corrected chi connectivity index (χ0v) is 17.5. The second-order valence-corrected chi connectivity index (χ2v) is 6.85. The normalized spacial score (nSPS) is 10.6. The topological polar surface area (TPSA) is 77.0 Å². The molecule has 0 fully saturated rings. The van der Waals surface area contributed by atoms with Gasteiger partial charge in [0.15, 0.2) is 11.5 Å². The molecule has 0 aliphatic carbocycles. The number of nitrogens with one attached hydrogen (secondary N) is 1. The van der Waals surface area contributed by atoms with Gasteiger partial charge in [-0.2, -0.15) is 5.10 Å². The molecule has 3 rings (SSSR count). The van der Waals surface area contributed by atoms with Crippen molar-refractivity contribution < 1.29 is 19.1 Å². The van der Waals surface area contributed by atoms with Crippen LogP contribution in [0, 0.1) is 6.92 Å². The molecule has 0 bridgehead atoms. The van der Waals surface area contributed by atoms with Crippen LogP contribution in [0.4, 0.5) is 0 Å². The maximum atomic E-state index is 12.4. The second-order valence-electron chi connectivity index (χ2n) is 6.85. The standard InChI is InChI=1S/C25H24N2O4/c1-3-30-23-15-20(17-26-27-24(28)16-19-7-5-4-6-8-19)11-14-22(23)31-25(29)21-12-9-18(2)10-13-21/h4-15,17H,3,16H2,1-2H3,(H,27,28)/b26-17-. The Morgan fingerprint density at radius 2 is 1.71 bits per heavy atom. The van der Waals surface area contributed by atoms with E-state index in [-0.39, 0.29) is 12.3 Å². The minimum Gasteiger partial charge on any atom is -0.490 e. The number of amides is 1. The van der Waals surface area contributed by atoms with E-state index in [0.717, 1.165) is 11.1 Å². The molecule has 0 unspecified atom stereocenters. The molecule has 158 valence electrons. The van der Waals surface area contributed by atoms with Gasteiger partial charge in [0, 0.05) is 0 Å². The number of hydrazone groups is 1. The molecular weight excluding hydrogens is 392 g/mol. The van der Waals surface area contributed by atoms with Crippen molar-refractivity contribution in [3.8, 4) is 11.5 Å². The van der Waals surface area contributed by atoms with Crippen LogP contribution in [-0.4, -0.2) is 24.7 Å². The van der Waals surface area contributed by atoms with Crippen molar-refractivity contribution in [1.82, 2.24) is 5.43 Å². The summed E-state index contributed by atoms with van der Waals surface area (Å²) in [6.45, 7) is 4.20. The van der Waals surface area contributed by atoms with Gasteiger partial charge in [0.05, 0.1) is 24.8 Å². The molecule has 1 N–H and O–H groups in total. The Hall–Kier alpha value is -3.93. The fourth-order valence-corrected chi connectivity index (χ4v) is 2.81. The van der Waals surface area contributed by atoms with Crippen molar-refractivity contribution >= 4 is 18.1 Å². The van der Waals surface area contributed by atoms with Crippen molar-refractivity contribution in [3.63, 3.8) is 0 Å². The van der Waals surface area contributed by atoms with E-state index in [1.165, 1.54) is 6.21 Å². The first kappa shape index (κ1) is 21.8. The van der Waals surface area contributed by atoms with Crippen molar-refractivity contribution in [3.05, 3.63) is 95.1 Å². The molecule has 1 amide bonds. The van der Waals surface area contributed by atoms with Crippen molar-refractivity contribution in [2.45, 2.75) is 20.3 Å². The Balaban J connectivity index is 1.65. The van der Waals surface area contributed by atoms with Gasteiger partial charge in [-0.1, -0.05) is 48.0 Å². The zero-order valence-electron chi connectivity index (χ0n) is 17.5. The van der Waals surface area contributed by atoms with Crippen LogP contribution in [0.15, 0.2) is 77.9 Å². The summed E-state index contributed by atoms with van der Waals surface area (Å²) in [4.78, 5) is 24.4. The van der Waals surface area contributed by atoms with Crippen LogP contribution in [0.3, 0.4) is 0 Å². The molecule has 3 aromatic carbocycles. The van der Waals surface area contributed by atoms with Gasteiger partial charge in [0.25, 0.3) is 0 Å². The Bertz CT molecular complexity index is 1060. The average molecular weight is 416 g/mol. The SMILES string of the molecule is CCOc1cc(/C=N\NC(=O)Cc2ccccc2)ccc1OC(=O)c1ccc(C)cc1. The summed E-state index contributed by atoms with van der Waals surface area (Å²) in [6, 6.07) is 21.7. The van der Waals surface area contributed by atoms with E-state index < -0.39 is 5.97 Å². The van der Waals surface area contributed by atoms with E-state index in [1.807, 2.05) is 56.3 Å². The maximum absolute atomic E-state index is 12.4. The van der Waals surface area contributed by atoms with E-state index in [2.05, 4.69) is 10.5 Å². The fraction of sp³-hybridized carbons (Fsp3) is 0.160. The highest BCUT2D eigenvalue weighted by Gasteiger charge is 2.13. The molecule has 31 heavy (non-hydrogen) atoms. The molecule has 6 nitrogen and oxygen atoms in total. The average Bonchev–Trinajstić information content (AvgIpc) is 2.77. The molecule has 0 heterocycles. The number of nitrogens with zero attached hydrogens (tertiary/aromatic N) is 1. The van der Waals surface area contributed by atoms with E-state index in [1.54, 1.807) is 30.3 Å². The Morgan fingerprint density at radius 1 is 0.968 bits per heavy atom. The molecule has 3 aromatic rings. The van der Waals surface area contributed by atoms with Crippen LogP contribution >= 0.6 is 0 Å². The van der Waals surface area contributed by atoms with Gasteiger partial charge in [-0.05, 0) is 55.3 Å². The monoisotopic (exact) mass is 416 g/mol. The van der Waals surface area contributed by atoms with E-state index in [4.69, 9.17) is 9.47 Å². The number of hydrogen-bond acceptors (Lipinski definition) is 5. The van der Waals surface area contributed by atoms with Gasteiger partial charge in [-0.15, -0.1) is 0 Å². The van der Waals surface area contributed by atoms with Crippen molar-refractivity contribution in [2.24, 2.45) is 5.10 Å². The number of aryl methyl sites for hydroxylation is 1. The lowest BCUT2D eigenvalue weighted by molar-refractivity contribution is -0.120. The fourth-order valence-electron chi connectivity index (χ4n) is 2.81. The number of benzene rings is 3. The summed E-state index contributed by atoms with van der Waals surface area (Å²) >= 11 is 0. The highest BCUT2D eigenvalue weighted by atomic mass is 16.6. The largest absolute Gasteiger partial charge is 0.490 e. The molecule has 0 radical (unpaired) electrons. The molecule has 0 aromatic heterocycles. The second kappa shape index (κ2) is 10.7. The smallest absolute Gasteiger partial charge is 0.343 e. The number of hydrogen-bond donors (Lipinski definition) is 1. The van der Waals surface area contributed by atoms with Gasteiger partial charge in [-0.25, -0.2) is 10.2 Å².